The molecule has 0 radical (unpaired) electrons. The zero-order valence-electron chi connectivity index (χ0n) is 39.3. The third-order valence-corrected chi connectivity index (χ3v) is 8.65. The van der Waals surface area contributed by atoms with Crippen LogP contribution < -0.4 is 15.0 Å². The first-order chi connectivity index (χ1) is 27.4. The van der Waals surface area contributed by atoms with E-state index < -0.39 is 0 Å². The molecule has 7 heteroatoms. The number of rotatable bonds is 19. The van der Waals surface area contributed by atoms with E-state index >= 15 is 0 Å². The average Bonchev–Trinajstić information content (AvgIpc) is 3.21. The number of carbonyl (C=O) groups is 1. The molecule has 0 aliphatic carbocycles. The number of aryl methyl sites for hydroxylation is 2. The van der Waals surface area contributed by atoms with Crippen LogP contribution in [0.2, 0.25) is 0 Å². The fraction of sp³-hybridized carbons (Fsp3) is 0.560. The van der Waals surface area contributed by atoms with Gasteiger partial charge in [0, 0.05) is 18.8 Å². The summed E-state index contributed by atoms with van der Waals surface area (Å²) in [5, 5.41) is 3.50. The van der Waals surface area contributed by atoms with Crippen LogP contribution in [0.1, 0.15) is 159 Å². The second-order valence-corrected chi connectivity index (χ2v) is 14.1. The van der Waals surface area contributed by atoms with E-state index in [1.165, 1.54) is 19.3 Å². The van der Waals surface area contributed by atoms with Gasteiger partial charge in [-0.25, -0.2) is 15.0 Å². The molecule has 0 saturated heterocycles. The van der Waals surface area contributed by atoms with Crippen LogP contribution in [0.25, 0.3) is 11.0 Å². The predicted molar refractivity (Wildman–Crippen MR) is 253 cm³/mol. The minimum Gasteiger partial charge on any atom is -0.457 e. The molecule has 1 aromatic carbocycles. The second kappa shape index (κ2) is 34.9. The summed E-state index contributed by atoms with van der Waals surface area (Å²) in [6.45, 7) is 35.4. The highest BCUT2D eigenvalue weighted by Crippen LogP contribution is 2.30. The van der Waals surface area contributed by atoms with Gasteiger partial charge in [0.15, 0.2) is 11.6 Å². The summed E-state index contributed by atoms with van der Waals surface area (Å²) in [4.78, 5) is 26.9. The summed E-state index contributed by atoms with van der Waals surface area (Å²) in [5.74, 6) is 4.97. The lowest BCUT2D eigenvalue weighted by Crippen LogP contribution is -2.31. The van der Waals surface area contributed by atoms with Gasteiger partial charge in [0.2, 0.25) is 0 Å². The monoisotopic (exact) mass is 786 g/mol. The normalized spacial score (nSPS) is 11.6. The number of allylic oxidation sites excluding steroid dienone is 7. The third-order valence-electron chi connectivity index (χ3n) is 8.65. The predicted octanol–water partition coefficient (Wildman–Crippen LogP) is 15.3. The summed E-state index contributed by atoms with van der Waals surface area (Å²) in [7, 11) is 0. The van der Waals surface area contributed by atoms with Crippen molar-refractivity contribution in [3.05, 3.63) is 90.0 Å². The first-order valence-corrected chi connectivity index (χ1v) is 22.0. The molecule has 320 valence electrons. The van der Waals surface area contributed by atoms with Crippen LogP contribution in [0.3, 0.4) is 0 Å². The molecule has 0 spiro atoms. The van der Waals surface area contributed by atoms with Crippen molar-refractivity contribution in [1.29, 1.82) is 0 Å². The fourth-order valence-corrected chi connectivity index (χ4v) is 4.90. The molecule has 57 heavy (non-hydrogen) atoms. The fourth-order valence-electron chi connectivity index (χ4n) is 4.90. The lowest BCUT2D eigenvalue weighted by molar-refractivity contribution is -0.112. The second-order valence-electron chi connectivity index (χ2n) is 14.1. The average molecular weight is 786 g/mol. The van der Waals surface area contributed by atoms with Gasteiger partial charge in [0.1, 0.15) is 29.2 Å². The van der Waals surface area contributed by atoms with Crippen molar-refractivity contribution in [1.82, 2.24) is 15.0 Å². The Labute approximate surface area is 350 Å². The van der Waals surface area contributed by atoms with Crippen molar-refractivity contribution in [2.24, 2.45) is 11.8 Å². The van der Waals surface area contributed by atoms with Crippen LogP contribution in [0.15, 0.2) is 78.9 Å². The van der Waals surface area contributed by atoms with E-state index in [0.717, 1.165) is 96.3 Å². The summed E-state index contributed by atoms with van der Waals surface area (Å²) >= 11 is 0. The Balaban J connectivity index is 0. The number of unbranched alkanes of at least 4 members (excludes halogenated alkanes) is 3. The van der Waals surface area contributed by atoms with E-state index in [4.69, 9.17) is 9.72 Å². The number of carbonyl (C=O) groups excluding carboxylic acids is 1. The molecule has 0 amide bonds. The van der Waals surface area contributed by atoms with Crippen LogP contribution in [0, 0.1) is 25.7 Å². The van der Waals surface area contributed by atoms with Crippen molar-refractivity contribution in [3.63, 3.8) is 0 Å². The lowest BCUT2D eigenvalue weighted by Gasteiger charge is -2.28. The minimum atomic E-state index is 0.127. The van der Waals surface area contributed by atoms with Crippen molar-refractivity contribution >= 4 is 34.1 Å². The molecule has 0 aliphatic heterocycles. The number of ketones is 1. The summed E-state index contributed by atoms with van der Waals surface area (Å²) in [6, 6.07) is 8.23. The van der Waals surface area contributed by atoms with Gasteiger partial charge in [-0.05, 0) is 112 Å². The number of fused-ring (bicyclic) bond motifs is 1. The Morgan fingerprint density at radius 1 is 0.860 bits per heavy atom. The molecular weight excluding hydrogens is 703 g/mol. The van der Waals surface area contributed by atoms with Gasteiger partial charge in [0.25, 0.3) is 0 Å². The SMILES string of the molecule is CC.CC.CC/C=C/C(C)=O.CCC(C)C.C\C=C(/C=C\C=C\CCC)Oc1ccc(Nc2ncnc3cc(C)c(N(CCCCC)CC(C)CC)nc23)cc1C. The van der Waals surface area contributed by atoms with Gasteiger partial charge < -0.3 is 15.0 Å². The number of pyridine rings is 1. The van der Waals surface area contributed by atoms with Crippen LogP contribution in [-0.2, 0) is 4.79 Å². The largest absolute Gasteiger partial charge is 0.457 e. The number of aromatic nitrogens is 3. The van der Waals surface area contributed by atoms with E-state index in [-0.39, 0.29) is 5.78 Å². The summed E-state index contributed by atoms with van der Waals surface area (Å²) < 4.78 is 6.18. The molecule has 3 rings (SSSR count). The van der Waals surface area contributed by atoms with Crippen LogP contribution in [0.5, 0.6) is 5.75 Å². The zero-order valence-corrected chi connectivity index (χ0v) is 39.3. The van der Waals surface area contributed by atoms with Gasteiger partial charge in [-0.15, -0.1) is 0 Å². The number of nitrogens with one attached hydrogen (secondary N) is 1. The van der Waals surface area contributed by atoms with E-state index in [1.807, 2.05) is 78.0 Å². The zero-order chi connectivity index (χ0) is 43.6. The Hall–Kier alpha value is -4.26. The van der Waals surface area contributed by atoms with Gasteiger partial charge in [0.05, 0.1) is 5.52 Å². The van der Waals surface area contributed by atoms with Gasteiger partial charge in [-0.3, -0.25) is 4.79 Å². The number of nitrogens with zero attached hydrogens (tertiary/aromatic N) is 4. The van der Waals surface area contributed by atoms with Crippen molar-refractivity contribution in [2.75, 3.05) is 23.3 Å². The smallest absolute Gasteiger partial charge is 0.160 e. The minimum absolute atomic E-state index is 0.127. The van der Waals surface area contributed by atoms with Crippen LogP contribution >= 0.6 is 0 Å². The van der Waals surface area contributed by atoms with E-state index in [1.54, 1.807) is 19.3 Å². The molecule has 1 unspecified atom stereocenters. The number of hydrogen-bond acceptors (Lipinski definition) is 7. The molecule has 3 aromatic rings. The Morgan fingerprint density at radius 2 is 1.54 bits per heavy atom. The number of benzene rings is 1. The highest BCUT2D eigenvalue weighted by molar-refractivity contribution is 5.89. The highest BCUT2D eigenvalue weighted by atomic mass is 16.5. The standard InChI is InChI=1S/C35H49N5O.C6H10O.C5H12.2C2H6/c1-8-12-14-15-16-18-30(11-4)41-32-20-19-29(22-27(32)6)38-34-33-31(36-25-37-34)23-28(7)35(39-33)40(21-17-13-9-2)24-26(5)10-3;1-3-4-5-6(2)7;1-4-5(2)3;2*1-2/h11,14-16,18-20,22-23,25-26H,8-10,12-13,17,21,24H2,1-7H3,(H,36,37,38);4-5H,3H2,1-2H3;5H,4H2,1-3H3;2*1-2H3/b15-14+,18-16-,30-11+;5-4+;;;. The quantitative estimate of drug-likeness (QED) is 0.0561. The molecule has 2 aromatic heterocycles. The van der Waals surface area contributed by atoms with Gasteiger partial charge in [-0.2, -0.15) is 0 Å². The molecule has 0 aliphatic rings. The van der Waals surface area contributed by atoms with Crippen molar-refractivity contribution in [3.8, 4) is 5.75 Å². The molecule has 2 heterocycles. The Bertz CT molecular complexity index is 1610. The van der Waals surface area contributed by atoms with E-state index in [0.29, 0.717) is 11.7 Å². The molecule has 0 fully saturated rings. The molecule has 1 N–H and O–H groups in total. The molecule has 0 saturated carbocycles. The number of anilines is 3. The highest BCUT2D eigenvalue weighted by Gasteiger charge is 2.17. The van der Waals surface area contributed by atoms with Crippen molar-refractivity contribution < 1.29 is 9.53 Å². The molecule has 7 nitrogen and oxygen atoms in total. The maximum atomic E-state index is 10.1. The summed E-state index contributed by atoms with van der Waals surface area (Å²) in [5.41, 5.74) is 4.73. The van der Waals surface area contributed by atoms with Gasteiger partial charge in [-0.1, -0.05) is 139 Å². The van der Waals surface area contributed by atoms with E-state index in [2.05, 4.69) is 107 Å². The first kappa shape index (κ1) is 54.8. The molecule has 1 atom stereocenters. The number of ether oxygens (including phenoxy) is 1. The molecular formula is C50H83N5O2. The van der Waals surface area contributed by atoms with Gasteiger partial charge >= 0.3 is 0 Å². The Kier molecular flexibility index (Phi) is 33.6. The van der Waals surface area contributed by atoms with Crippen LogP contribution in [0.4, 0.5) is 17.3 Å². The first-order valence-electron chi connectivity index (χ1n) is 22.0. The third kappa shape index (κ3) is 24.2. The van der Waals surface area contributed by atoms with Crippen LogP contribution in [-0.4, -0.2) is 33.8 Å². The number of hydrogen-bond donors (Lipinski definition) is 1. The maximum Gasteiger partial charge on any atom is 0.160 e. The molecule has 0 bridgehead atoms. The Morgan fingerprint density at radius 3 is 2.07 bits per heavy atom. The lowest BCUT2D eigenvalue weighted by atomic mass is 10.1. The topological polar surface area (TPSA) is 80.2 Å². The van der Waals surface area contributed by atoms with Crippen molar-refractivity contribution in [2.45, 2.75) is 162 Å². The van der Waals surface area contributed by atoms with E-state index in [9.17, 15) is 4.79 Å². The summed E-state index contributed by atoms with van der Waals surface area (Å²) in [6.07, 6.45) is 24.5. The maximum absolute atomic E-state index is 10.1.